The molecule has 0 aliphatic carbocycles. The van der Waals surface area contributed by atoms with Gasteiger partial charge in [-0.25, -0.2) is 0 Å². The van der Waals surface area contributed by atoms with Gasteiger partial charge in [0, 0.05) is 11.2 Å². The van der Waals surface area contributed by atoms with Crippen LogP contribution < -0.4 is 0 Å². The molecular weight excluding hydrogens is 376 g/mol. The molecule has 0 aliphatic heterocycles. The van der Waals surface area contributed by atoms with Gasteiger partial charge in [-0.2, -0.15) is 0 Å². The standard InChI is InChI=1S/C22H21BrO2/c23-15-14-21(16-6-10-19(24)11-7-16)22(17-4-2-1-3-5-17)18-8-12-20(25)13-9-18/h1-13,21-22,24-25H,14-15H2. The molecule has 0 saturated carbocycles. The van der Waals surface area contributed by atoms with Gasteiger partial charge in [0.1, 0.15) is 11.5 Å². The van der Waals surface area contributed by atoms with Gasteiger partial charge < -0.3 is 10.2 Å². The molecule has 0 heterocycles. The highest BCUT2D eigenvalue weighted by molar-refractivity contribution is 9.09. The summed E-state index contributed by atoms with van der Waals surface area (Å²) in [4.78, 5) is 0. The Hall–Kier alpha value is -2.26. The molecule has 0 spiro atoms. The highest BCUT2D eigenvalue weighted by atomic mass is 79.9. The highest BCUT2D eigenvalue weighted by Crippen LogP contribution is 2.41. The number of aromatic hydroxyl groups is 2. The van der Waals surface area contributed by atoms with Crippen molar-refractivity contribution in [1.82, 2.24) is 0 Å². The van der Waals surface area contributed by atoms with Gasteiger partial charge in [0.05, 0.1) is 0 Å². The third kappa shape index (κ3) is 4.23. The summed E-state index contributed by atoms with van der Waals surface area (Å²) in [5.74, 6) is 0.982. The Balaban J connectivity index is 2.09. The Morgan fingerprint density at radius 1 is 0.640 bits per heavy atom. The van der Waals surface area contributed by atoms with Crippen molar-refractivity contribution in [1.29, 1.82) is 0 Å². The summed E-state index contributed by atoms with van der Waals surface area (Å²) in [6.45, 7) is 0. The molecule has 0 aromatic heterocycles. The lowest BCUT2D eigenvalue weighted by Gasteiger charge is -2.28. The van der Waals surface area contributed by atoms with Crippen LogP contribution in [0.2, 0.25) is 0 Å². The molecular formula is C22H21BrO2. The first-order valence-electron chi connectivity index (χ1n) is 8.38. The van der Waals surface area contributed by atoms with E-state index in [2.05, 4.69) is 40.2 Å². The molecule has 0 fully saturated rings. The Morgan fingerprint density at radius 2 is 1.12 bits per heavy atom. The zero-order valence-electron chi connectivity index (χ0n) is 13.8. The Labute approximate surface area is 156 Å². The quantitative estimate of drug-likeness (QED) is 0.516. The number of hydrogen-bond donors (Lipinski definition) is 2. The average Bonchev–Trinajstić information content (AvgIpc) is 2.64. The summed E-state index contributed by atoms with van der Waals surface area (Å²) in [5.41, 5.74) is 3.61. The molecule has 0 saturated heterocycles. The number of phenolic OH excluding ortho intramolecular Hbond substituents is 2. The molecule has 0 amide bonds. The number of phenols is 2. The van der Waals surface area contributed by atoms with E-state index in [9.17, 15) is 10.2 Å². The van der Waals surface area contributed by atoms with E-state index in [4.69, 9.17) is 0 Å². The summed E-state index contributed by atoms with van der Waals surface area (Å²) < 4.78 is 0. The largest absolute Gasteiger partial charge is 0.508 e. The number of alkyl halides is 1. The second-order valence-corrected chi connectivity index (χ2v) is 6.95. The number of benzene rings is 3. The molecule has 0 aliphatic rings. The van der Waals surface area contributed by atoms with Crippen LogP contribution in [0.1, 0.15) is 34.9 Å². The van der Waals surface area contributed by atoms with Crippen LogP contribution in [0.3, 0.4) is 0 Å². The van der Waals surface area contributed by atoms with Crippen LogP contribution in [0, 0.1) is 0 Å². The molecule has 128 valence electrons. The average molecular weight is 397 g/mol. The molecule has 2 N–H and O–H groups in total. The first-order chi connectivity index (χ1) is 12.2. The predicted octanol–water partition coefficient (Wildman–Crippen LogP) is 5.80. The van der Waals surface area contributed by atoms with E-state index in [0.29, 0.717) is 0 Å². The van der Waals surface area contributed by atoms with Gasteiger partial charge in [0.25, 0.3) is 0 Å². The van der Waals surface area contributed by atoms with Crippen LogP contribution in [-0.2, 0) is 0 Å². The maximum Gasteiger partial charge on any atom is 0.115 e. The first kappa shape index (κ1) is 17.6. The number of halogens is 1. The molecule has 0 radical (unpaired) electrons. The molecule has 2 atom stereocenters. The van der Waals surface area contributed by atoms with Crippen LogP contribution in [0.4, 0.5) is 0 Å². The fourth-order valence-corrected chi connectivity index (χ4v) is 3.86. The monoisotopic (exact) mass is 396 g/mol. The minimum Gasteiger partial charge on any atom is -0.508 e. The van der Waals surface area contributed by atoms with E-state index in [0.717, 1.165) is 11.8 Å². The SMILES string of the molecule is Oc1ccc(C(CCBr)C(c2ccccc2)c2ccc(O)cc2)cc1. The van der Waals surface area contributed by atoms with E-state index in [-0.39, 0.29) is 23.3 Å². The molecule has 2 unspecified atom stereocenters. The third-order valence-electron chi connectivity index (χ3n) is 4.55. The molecule has 3 aromatic carbocycles. The maximum atomic E-state index is 9.66. The zero-order valence-corrected chi connectivity index (χ0v) is 15.4. The Morgan fingerprint density at radius 3 is 1.64 bits per heavy atom. The van der Waals surface area contributed by atoms with E-state index in [1.54, 1.807) is 24.3 Å². The molecule has 25 heavy (non-hydrogen) atoms. The van der Waals surface area contributed by atoms with Crippen molar-refractivity contribution in [3.05, 3.63) is 95.6 Å². The predicted molar refractivity (Wildman–Crippen MR) is 106 cm³/mol. The third-order valence-corrected chi connectivity index (χ3v) is 5.01. The van der Waals surface area contributed by atoms with Gasteiger partial charge in [-0.05, 0) is 53.3 Å². The minimum absolute atomic E-state index is 0.170. The first-order valence-corrected chi connectivity index (χ1v) is 9.50. The second kappa shape index (κ2) is 8.21. The summed E-state index contributed by atoms with van der Waals surface area (Å²) in [6.07, 6.45) is 0.964. The van der Waals surface area contributed by atoms with Gasteiger partial charge in [-0.15, -0.1) is 0 Å². The zero-order chi connectivity index (χ0) is 17.6. The summed E-state index contributed by atoms with van der Waals surface area (Å²) >= 11 is 3.60. The summed E-state index contributed by atoms with van der Waals surface area (Å²) in [5, 5.41) is 20.2. The van der Waals surface area contributed by atoms with E-state index in [1.165, 1.54) is 16.7 Å². The molecule has 3 aromatic rings. The van der Waals surface area contributed by atoms with Crippen molar-refractivity contribution in [2.75, 3.05) is 5.33 Å². The highest BCUT2D eigenvalue weighted by Gasteiger charge is 2.26. The van der Waals surface area contributed by atoms with Gasteiger partial charge in [0.15, 0.2) is 0 Å². The van der Waals surface area contributed by atoms with Crippen LogP contribution in [-0.4, -0.2) is 15.5 Å². The lowest BCUT2D eigenvalue weighted by molar-refractivity contribution is 0.473. The van der Waals surface area contributed by atoms with Crippen LogP contribution >= 0.6 is 15.9 Å². The van der Waals surface area contributed by atoms with Gasteiger partial charge in [-0.3, -0.25) is 0 Å². The van der Waals surface area contributed by atoms with Crippen molar-refractivity contribution >= 4 is 15.9 Å². The molecule has 0 bridgehead atoms. The van der Waals surface area contributed by atoms with Crippen LogP contribution in [0.15, 0.2) is 78.9 Å². The number of hydrogen-bond acceptors (Lipinski definition) is 2. The smallest absolute Gasteiger partial charge is 0.115 e. The van der Waals surface area contributed by atoms with Crippen molar-refractivity contribution in [2.45, 2.75) is 18.3 Å². The molecule has 3 heteroatoms. The summed E-state index contributed by atoms with van der Waals surface area (Å²) in [7, 11) is 0. The van der Waals surface area contributed by atoms with Crippen molar-refractivity contribution < 1.29 is 10.2 Å². The second-order valence-electron chi connectivity index (χ2n) is 6.16. The van der Waals surface area contributed by atoms with E-state index < -0.39 is 0 Å². The van der Waals surface area contributed by atoms with E-state index >= 15 is 0 Å². The maximum absolute atomic E-state index is 9.66. The van der Waals surface area contributed by atoms with Crippen molar-refractivity contribution in [2.24, 2.45) is 0 Å². The van der Waals surface area contributed by atoms with Gasteiger partial charge in [-0.1, -0.05) is 70.5 Å². The molecule has 3 rings (SSSR count). The lowest BCUT2D eigenvalue weighted by atomic mass is 9.76. The van der Waals surface area contributed by atoms with Crippen molar-refractivity contribution in [3.63, 3.8) is 0 Å². The lowest BCUT2D eigenvalue weighted by Crippen LogP contribution is -2.14. The normalized spacial score (nSPS) is 13.3. The topological polar surface area (TPSA) is 40.5 Å². The van der Waals surface area contributed by atoms with Crippen LogP contribution in [0.25, 0.3) is 0 Å². The Kier molecular flexibility index (Phi) is 5.77. The molecule has 2 nitrogen and oxygen atoms in total. The van der Waals surface area contributed by atoms with Crippen molar-refractivity contribution in [3.8, 4) is 11.5 Å². The van der Waals surface area contributed by atoms with E-state index in [1.807, 2.05) is 30.3 Å². The fourth-order valence-electron chi connectivity index (χ4n) is 3.36. The fraction of sp³-hybridized carbons (Fsp3) is 0.182. The van der Waals surface area contributed by atoms with Crippen LogP contribution in [0.5, 0.6) is 11.5 Å². The Bertz CT molecular complexity index is 783. The van der Waals surface area contributed by atoms with Gasteiger partial charge in [0.2, 0.25) is 0 Å². The van der Waals surface area contributed by atoms with Gasteiger partial charge >= 0.3 is 0 Å². The minimum atomic E-state index is 0.170. The summed E-state index contributed by atoms with van der Waals surface area (Å²) in [6, 6.07) is 25.4. The number of rotatable bonds is 6.